The zero-order chi connectivity index (χ0) is 7.28. The lowest BCUT2D eigenvalue weighted by atomic mass is 10.7. The molecule has 0 saturated heterocycles. The van der Waals surface area contributed by atoms with Crippen molar-refractivity contribution in [2.75, 3.05) is 14.1 Å². The van der Waals surface area contributed by atoms with Crippen molar-refractivity contribution >= 4 is 23.2 Å². The van der Waals surface area contributed by atoms with Gasteiger partial charge in [-0.15, -0.1) is 0 Å². The van der Waals surface area contributed by atoms with E-state index in [0.717, 1.165) is 5.84 Å². The summed E-state index contributed by atoms with van der Waals surface area (Å²) in [6.07, 6.45) is 0. The van der Waals surface area contributed by atoms with Crippen molar-refractivity contribution in [1.29, 1.82) is 0 Å². The number of rotatable bonds is 0. The minimum Gasteiger partial charge on any atom is -0.365 e. The zero-order valence-corrected chi connectivity index (χ0v) is 6.67. The van der Waals surface area contributed by atoms with Gasteiger partial charge in [0, 0.05) is 14.1 Å². The first-order valence-corrected chi connectivity index (χ1v) is 3.03. The standard InChI is InChI=1S/C5H11N3S/c1-4(6-2)8-5(9)7-3/h1-3H3,(H2,6,7,8,9). The fourth-order valence-electron chi connectivity index (χ4n) is 0.283. The van der Waals surface area contributed by atoms with Crippen LogP contribution in [-0.2, 0) is 0 Å². The smallest absolute Gasteiger partial charge is 0.171 e. The minimum absolute atomic E-state index is 0.595. The highest BCUT2D eigenvalue weighted by Gasteiger charge is 1.89. The number of nitrogens with one attached hydrogen (secondary N) is 2. The molecule has 2 N–H and O–H groups in total. The highest BCUT2D eigenvalue weighted by molar-refractivity contribution is 7.80. The van der Waals surface area contributed by atoms with E-state index in [-0.39, 0.29) is 0 Å². The molecule has 0 aromatic rings. The second-order valence-electron chi connectivity index (χ2n) is 1.51. The highest BCUT2D eigenvalue weighted by atomic mass is 32.1. The van der Waals surface area contributed by atoms with Crippen LogP contribution in [0.2, 0.25) is 0 Å². The van der Waals surface area contributed by atoms with E-state index in [0.29, 0.717) is 5.11 Å². The molecule has 0 aliphatic carbocycles. The minimum atomic E-state index is 0.595. The molecule has 0 spiro atoms. The fraction of sp³-hybridized carbons (Fsp3) is 0.600. The molecule has 4 heteroatoms. The van der Waals surface area contributed by atoms with Gasteiger partial charge in [-0.2, -0.15) is 0 Å². The Balaban J connectivity index is 3.60. The first kappa shape index (κ1) is 8.36. The van der Waals surface area contributed by atoms with Crippen LogP contribution in [0.1, 0.15) is 6.92 Å². The van der Waals surface area contributed by atoms with Gasteiger partial charge < -0.3 is 10.6 Å². The first-order valence-electron chi connectivity index (χ1n) is 2.62. The van der Waals surface area contributed by atoms with Crippen molar-refractivity contribution in [1.82, 2.24) is 10.6 Å². The Kier molecular flexibility index (Phi) is 3.96. The Morgan fingerprint density at radius 1 is 1.56 bits per heavy atom. The van der Waals surface area contributed by atoms with Crippen molar-refractivity contribution in [2.45, 2.75) is 6.92 Å². The topological polar surface area (TPSA) is 36.4 Å². The molecule has 0 rings (SSSR count). The predicted molar refractivity (Wildman–Crippen MR) is 43.8 cm³/mol. The molecule has 0 bridgehead atoms. The van der Waals surface area contributed by atoms with Crippen molar-refractivity contribution in [3.63, 3.8) is 0 Å². The van der Waals surface area contributed by atoms with E-state index in [4.69, 9.17) is 12.2 Å². The maximum absolute atomic E-state index is 4.79. The maximum atomic E-state index is 4.79. The SMILES string of the molecule is CN=C(C)NC(=S)NC. The average Bonchev–Trinajstić information content (AvgIpc) is 1.87. The molecular formula is C5H11N3S. The van der Waals surface area contributed by atoms with Gasteiger partial charge in [0.25, 0.3) is 0 Å². The highest BCUT2D eigenvalue weighted by Crippen LogP contribution is 1.68. The number of nitrogens with zero attached hydrogens (tertiary/aromatic N) is 1. The van der Waals surface area contributed by atoms with E-state index in [2.05, 4.69) is 15.6 Å². The largest absolute Gasteiger partial charge is 0.365 e. The summed E-state index contributed by atoms with van der Waals surface area (Å²) in [7, 11) is 3.47. The molecule has 0 unspecified atom stereocenters. The third-order valence-electron chi connectivity index (χ3n) is 0.857. The summed E-state index contributed by atoms with van der Waals surface area (Å²) in [4.78, 5) is 3.85. The molecule has 3 nitrogen and oxygen atoms in total. The van der Waals surface area contributed by atoms with E-state index in [9.17, 15) is 0 Å². The fourth-order valence-corrected chi connectivity index (χ4v) is 0.430. The molecule has 0 saturated carbocycles. The summed E-state index contributed by atoms with van der Waals surface area (Å²) < 4.78 is 0. The Labute approximate surface area is 60.6 Å². The van der Waals surface area contributed by atoms with Crippen molar-refractivity contribution < 1.29 is 0 Å². The third kappa shape index (κ3) is 3.90. The number of hydrogen-bond donors (Lipinski definition) is 2. The normalized spacial score (nSPS) is 10.8. The van der Waals surface area contributed by atoms with Crippen molar-refractivity contribution in [3.05, 3.63) is 0 Å². The monoisotopic (exact) mass is 145 g/mol. The lowest BCUT2D eigenvalue weighted by Crippen LogP contribution is -2.35. The Morgan fingerprint density at radius 3 is 2.44 bits per heavy atom. The molecular weight excluding hydrogens is 134 g/mol. The molecule has 0 atom stereocenters. The van der Waals surface area contributed by atoms with Crippen LogP contribution in [0.3, 0.4) is 0 Å². The third-order valence-corrected chi connectivity index (χ3v) is 1.16. The van der Waals surface area contributed by atoms with Gasteiger partial charge in [-0.05, 0) is 19.1 Å². The molecule has 0 fully saturated rings. The van der Waals surface area contributed by atoms with Gasteiger partial charge >= 0.3 is 0 Å². The molecule has 0 aliphatic heterocycles. The second kappa shape index (κ2) is 4.26. The Morgan fingerprint density at radius 2 is 2.11 bits per heavy atom. The van der Waals surface area contributed by atoms with Crippen LogP contribution in [0.4, 0.5) is 0 Å². The van der Waals surface area contributed by atoms with Crippen LogP contribution >= 0.6 is 12.2 Å². The van der Waals surface area contributed by atoms with Crippen LogP contribution in [0.25, 0.3) is 0 Å². The van der Waals surface area contributed by atoms with Gasteiger partial charge in [0.05, 0.1) is 5.84 Å². The summed E-state index contributed by atoms with van der Waals surface area (Å²) in [6, 6.07) is 0. The molecule has 0 aromatic heterocycles. The summed E-state index contributed by atoms with van der Waals surface area (Å²) in [5, 5.41) is 6.21. The van der Waals surface area contributed by atoms with Crippen molar-refractivity contribution in [2.24, 2.45) is 4.99 Å². The molecule has 0 heterocycles. The van der Waals surface area contributed by atoms with Gasteiger partial charge in [-0.1, -0.05) is 0 Å². The lowest BCUT2D eigenvalue weighted by Gasteiger charge is -2.03. The Hall–Kier alpha value is -0.640. The Bertz CT molecular complexity index is 130. The summed E-state index contributed by atoms with van der Waals surface area (Å²) in [6.45, 7) is 1.85. The first-order chi connectivity index (χ1) is 4.20. The van der Waals surface area contributed by atoms with Gasteiger partial charge in [-0.25, -0.2) is 0 Å². The van der Waals surface area contributed by atoms with Gasteiger partial charge in [0.15, 0.2) is 5.11 Å². The maximum Gasteiger partial charge on any atom is 0.171 e. The van der Waals surface area contributed by atoms with Crippen LogP contribution in [0, 0.1) is 0 Å². The van der Waals surface area contributed by atoms with E-state index >= 15 is 0 Å². The quantitative estimate of drug-likeness (QED) is 0.289. The molecule has 0 aromatic carbocycles. The van der Waals surface area contributed by atoms with E-state index < -0.39 is 0 Å². The van der Waals surface area contributed by atoms with E-state index in [1.807, 2.05) is 6.92 Å². The van der Waals surface area contributed by atoms with Gasteiger partial charge in [0.2, 0.25) is 0 Å². The molecule has 0 aliphatic rings. The van der Waals surface area contributed by atoms with Gasteiger partial charge in [0.1, 0.15) is 0 Å². The van der Waals surface area contributed by atoms with Crippen LogP contribution in [0.15, 0.2) is 4.99 Å². The second-order valence-corrected chi connectivity index (χ2v) is 1.92. The summed E-state index contributed by atoms with van der Waals surface area (Å²) in [5.74, 6) is 0.814. The predicted octanol–water partition coefficient (Wildman–Crippen LogP) is 0.129. The average molecular weight is 145 g/mol. The van der Waals surface area contributed by atoms with Crippen molar-refractivity contribution in [3.8, 4) is 0 Å². The van der Waals surface area contributed by atoms with E-state index in [1.165, 1.54) is 0 Å². The van der Waals surface area contributed by atoms with Crippen LogP contribution < -0.4 is 10.6 Å². The number of thiocarbonyl (C=S) groups is 1. The molecule has 9 heavy (non-hydrogen) atoms. The number of hydrogen-bond acceptors (Lipinski definition) is 2. The van der Waals surface area contributed by atoms with E-state index in [1.54, 1.807) is 14.1 Å². The van der Waals surface area contributed by atoms with Crippen LogP contribution in [0.5, 0.6) is 0 Å². The summed E-state index contributed by atoms with van der Waals surface area (Å²) in [5.41, 5.74) is 0. The number of aliphatic imine (C=N–C) groups is 1. The molecule has 0 amide bonds. The number of amidine groups is 1. The summed E-state index contributed by atoms with van der Waals surface area (Å²) >= 11 is 4.79. The molecule has 0 radical (unpaired) electrons. The lowest BCUT2D eigenvalue weighted by molar-refractivity contribution is 1.12. The van der Waals surface area contributed by atoms with Gasteiger partial charge in [-0.3, -0.25) is 4.99 Å². The molecule has 52 valence electrons. The van der Waals surface area contributed by atoms with Crippen LogP contribution in [-0.4, -0.2) is 25.0 Å². The zero-order valence-electron chi connectivity index (χ0n) is 5.86.